The molecule has 4 rings (SSSR count). The van der Waals surface area contributed by atoms with E-state index < -0.39 is 9.84 Å². The molecule has 3 aromatic rings. The SMILES string of the molecule is Cc1noc2nc(-c3ccco3)cc(C(=O)N(C)C3CCS(=O)(=O)C3)c12. The number of furan rings is 1. The molecule has 0 N–H and O–H groups in total. The van der Waals surface area contributed by atoms with E-state index in [1.165, 1.54) is 11.2 Å². The first-order chi connectivity index (χ1) is 12.4. The summed E-state index contributed by atoms with van der Waals surface area (Å²) in [5.41, 5.74) is 1.61. The monoisotopic (exact) mass is 375 g/mol. The highest BCUT2D eigenvalue weighted by Gasteiger charge is 2.34. The lowest BCUT2D eigenvalue weighted by molar-refractivity contribution is 0.0749. The first-order valence-electron chi connectivity index (χ1n) is 8.14. The molecule has 3 aromatic heterocycles. The molecular weight excluding hydrogens is 358 g/mol. The number of hydrogen-bond acceptors (Lipinski definition) is 7. The van der Waals surface area contributed by atoms with Gasteiger partial charge in [-0.05, 0) is 31.5 Å². The summed E-state index contributed by atoms with van der Waals surface area (Å²) < 4.78 is 34.1. The third-order valence-corrected chi connectivity index (χ3v) is 6.45. The summed E-state index contributed by atoms with van der Waals surface area (Å²) in [5, 5.41) is 4.43. The smallest absolute Gasteiger partial charge is 0.259 e. The lowest BCUT2D eigenvalue weighted by Gasteiger charge is -2.23. The highest BCUT2D eigenvalue weighted by molar-refractivity contribution is 7.91. The number of amides is 1. The molecule has 1 fully saturated rings. The zero-order valence-corrected chi connectivity index (χ0v) is 15.1. The Balaban J connectivity index is 1.79. The van der Waals surface area contributed by atoms with Gasteiger partial charge in [-0.25, -0.2) is 13.4 Å². The van der Waals surface area contributed by atoms with Gasteiger partial charge in [-0.15, -0.1) is 0 Å². The first-order valence-corrected chi connectivity index (χ1v) is 9.96. The third kappa shape index (κ3) is 2.78. The molecule has 0 bridgehead atoms. The summed E-state index contributed by atoms with van der Waals surface area (Å²) >= 11 is 0. The maximum atomic E-state index is 13.1. The van der Waals surface area contributed by atoms with Gasteiger partial charge in [0.2, 0.25) is 0 Å². The molecule has 1 aliphatic rings. The molecule has 0 aliphatic carbocycles. The Morgan fingerprint density at radius 3 is 2.85 bits per heavy atom. The van der Waals surface area contributed by atoms with Crippen LogP contribution in [0.5, 0.6) is 0 Å². The molecule has 1 amide bonds. The Labute approximate surface area is 149 Å². The summed E-state index contributed by atoms with van der Waals surface area (Å²) in [5.74, 6) is 0.293. The number of aryl methyl sites for hydroxylation is 1. The second kappa shape index (κ2) is 5.94. The van der Waals surface area contributed by atoms with Gasteiger partial charge in [0.15, 0.2) is 15.6 Å². The van der Waals surface area contributed by atoms with Crippen molar-refractivity contribution < 1.29 is 22.2 Å². The van der Waals surface area contributed by atoms with Crippen molar-refractivity contribution in [2.75, 3.05) is 18.6 Å². The normalized spacial score (nSPS) is 19.1. The zero-order chi connectivity index (χ0) is 18.5. The molecule has 9 heteroatoms. The number of hydrogen-bond donors (Lipinski definition) is 0. The van der Waals surface area contributed by atoms with Crippen LogP contribution < -0.4 is 0 Å². The van der Waals surface area contributed by atoms with Crippen LogP contribution in [-0.4, -0.2) is 54.0 Å². The van der Waals surface area contributed by atoms with Crippen molar-refractivity contribution in [3.63, 3.8) is 0 Å². The van der Waals surface area contributed by atoms with Crippen LogP contribution in [0.1, 0.15) is 22.5 Å². The lowest BCUT2D eigenvalue weighted by atomic mass is 10.1. The van der Waals surface area contributed by atoms with Crippen LogP contribution in [0.25, 0.3) is 22.6 Å². The van der Waals surface area contributed by atoms with Gasteiger partial charge < -0.3 is 13.8 Å². The predicted molar refractivity (Wildman–Crippen MR) is 93.4 cm³/mol. The molecule has 0 radical (unpaired) electrons. The molecule has 0 saturated carbocycles. The van der Waals surface area contributed by atoms with Crippen LogP contribution in [0.15, 0.2) is 33.4 Å². The van der Waals surface area contributed by atoms with Gasteiger partial charge in [-0.2, -0.15) is 0 Å². The summed E-state index contributed by atoms with van der Waals surface area (Å²) in [7, 11) is -1.47. The molecule has 0 spiro atoms. The van der Waals surface area contributed by atoms with E-state index in [4.69, 9.17) is 8.94 Å². The van der Waals surface area contributed by atoms with Crippen LogP contribution in [0.4, 0.5) is 0 Å². The fraction of sp³-hybridized carbons (Fsp3) is 0.353. The van der Waals surface area contributed by atoms with Crippen molar-refractivity contribution in [1.82, 2.24) is 15.0 Å². The van der Waals surface area contributed by atoms with E-state index in [1.807, 2.05) is 0 Å². The molecule has 4 heterocycles. The highest BCUT2D eigenvalue weighted by atomic mass is 32.2. The summed E-state index contributed by atoms with van der Waals surface area (Å²) in [6, 6.07) is 4.75. The number of carbonyl (C=O) groups excluding carboxylic acids is 1. The van der Waals surface area contributed by atoms with E-state index in [1.54, 1.807) is 32.2 Å². The van der Waals surface area contributed by atoms with E-state index in [0.29, 0.717) is 34.5 Å². The molecule has 26 heavy (non-hydrogen) atoms. The minimum atomic E-state index is -3.09. The number of sulfone groups is 1. The summed E-state index contributed by atoms with van der Waals surface area (Å²) in [4.78, 5) is 19.0. The average molecular weight is 375 g/mol. The van der Waals surface area contributed by atoms with Crippen molar-refractivity contribution in [2.45, 2.75) is 19.4 Å². The van der Waals surface area contributed by atoms with E-state index in [0.717, 1.165) is 0 Å². The van der Waals surface area contributed by atoms with Crippen molar-refractivity contribution in [3.8, 4) is 11.5 Å². The maximum Gasteiger partial charge on any atom is 0.259 e. The fourth-order valence-electron chi connectivity index (χ4n) is 3.25. The largest absolute Gasteiger partial charge is 0.463 e. The fourth-order valence-corrected chi connectivity index (χ4v) is 5.02. The molecular formula is C17H17N3O5S. The number of aromatic nitrogens is 2. The van der Waals surface area contributed by atoms with Crippen molar-refractivity contribution in [2.24, 2.45) is 0 Å². The van der Waals surface area contributed by atoms with Crippen LogP contribution in [0, 0.1) is 6.92 Å². The van der Waals surface area contributed by atoms with E-state index in [9.17, 15) is 13.2 Å². The topological polar surface area (TPSA) is 107 Å². The molecule has 0 aromatic carbocycles. The number of pyridine rings is 1. The molecule has 1 aliphatic heterocycles. The lowest BCUT2D eigenvalue weighted by Crippen LogP contribution is -2.38. The van der Waals surface area contributed by atoms with Gasteiger partial charge in [0.25, 0.3) is 11.6 Å². The molecule has 8 nitrogen and oxygen atoms in total. The van der Waals surface area contributed by atoms with Crippen molar-refractivity contribution in [1.29, 1.82) is 0 Å². The van der Waals surface area contributed by atoms with Crippen LogP contribution in [0.3, 0.4) is 0 Å². The standard InChI is InChI=1S/C17H17N3O5S/c1-10-15-12(17(21)20(2)11-5-7-26(22,23)9-11)8-13(14-4-3-6-24-14)18-16(15)25-19-10/h3-4,6,8,11H,5,7,9H2,1-2H3. The minimum Gasteiger partial charge on any atom is -0.463 e. The zero-order valence-electron chi connectivity index (χ0n) is 14.3. The number of nitrogens with zero attached hydrogens (tertiary/aromatic N) is 3. The Morgan fingerprint density at radius 2 is 2.19 bits per heavy atom. The second-order valence-corrected chi connectivity index (χ2v) is 8.68. The van der Waals surface area contributed by atoms with Crippen molar-refractivity contribution in [3.05, 3.63) is 35.7 Å². The van der Waals surface area contributed by atoms with Gasteiger partial charge in [-0.1, -0.05) is 5.16 Å². The molecule has 1 atom stereocenters. The van der Waals surface area contributed by atoms with Gasteiger partial charge in [0.05, 0.1) is 34.4 Å². The molecule has 1 saturated heterocycles. The predicted octanol–water partition coefficient (Wildman–Crippen LogP) is 2.05. The van der Waals surface area contributed by atoms with Gasteiger partial charge >= 0.3 is 0 Å². The minimum absolute atomic E-state index is 0.0167. The molecule has 1 unspecified atom stereocenters. The summed E-state index contributed by atoms with van der Waals surface area (Å²) in [6.45, 7) is 1.73. The Hall–Kier alpha value is -2.68. The van der Waals surface area contributed by atoms with E-state index in [-0.39, 0.29) is 29.2 Å². The number of carbonyl (C=O) groups is 1. The Bertz CT molecular complexity index is 1090. The van der Waals surface area contributed by atoms with E-state index >= 15 is 0 Å². The quantitative estimate of drug-likeness (QED) is 0.689. The highest BCUT2D eigenvalue weighted by Crippen LogP contribution is 2.29. The molecule has 136 valence electrons. The first kappa shape index (κ1) is 16.8. The average Bonchev–Trinajstić information content (AvgIpc) is 3.33. The van der Waals surface area contributed by atoms with Gasteiger partial charge in [0, 0.05) is 13.1 Å². The Kier molecular flexibility index (Phi) is 3.83. The third-order valence-electron chi connectivity index (χ3n) is 4.70. The maximum absolute atomic E-state index is 13.1. The Morgan fingerprint density at radius 1 is 1.38 bits per heavy atom. The number of fused-ring (bicyclic) bond motifs is 1. The van der Waals surface area contributed by atoms with E-state index in [2.05, 4.69) is 10.1 Å². The van der Waals surface area contributed by atoms with Crippen LogP contribution in [-0.2, 0) is 9.84 Å². The number of rotatable bonds is 3. The van der Waals surface area contributed by atoms with Crippen LogP contribution >= 0.6 is 0 Å². The van der Waals surface area contributed by atoms with Crippen molar-refractivity contribution >= 4 is 26.8 Å². The second-order valence-electron chi connectivity index (χ2n) is 6.45. The van der Waals surface area contributed by atoms with Gasteiger partial charge in [0.1, 0.15) is 5.69 Å². The van der Waals surface area contributed by atoms with Crippen LogP contribution in [0.2, 0.25) is 0 Å². The van der Waals surface area contributed by atoms with Gasteiger partial charge in [-0.3, -0.25) is 4.79 Å². The summed E-state index contributed by atoms with van der Waals surface area (Å²) in [6.07, 6.45) is 1.95.